The Kier molecular flexibility index (Phi) is 3.68. The molecule has 0 aromatic carbocycles. The Morgan fingerprint density at radius 3 is 2.76 bits per heavy atom. The van der Waals surface area contributed by atoms with Gasteiger partial charge in [-0.25, -0.2) is 0 Å². The molecule has 0 bridgehead atoms. The van der Waals surface area contributed by atoms with Crippen LogP contribution in [0.25, 0.3) is 0 Å². The first-order chi connectivity index (χ1) is 7.55. The van der Waals surface area contributed by atoms with Gasteiger partial charge in [0.2, 0.25) is 0 Å². The predicted molar refractivity (Wildman–Crippen MR) is 68.2 cm³/mol. The molecule has 3 rings (SSSR count). The molecule has 1 saturated heterocycles. The van der Waals surface area contributed by atoms with Crippen LogP contribution < -0.4 is 24.0 Å². The zero-order chi connectivity index (χ0) is 11.4. The number of fused-ring (bicyclic) bond motifs is 2. The third-order valence-corrected chi connectivity index (χ3v) is 5.92. The molecule has 0 radical (unpaired) electrons. The van der Waals surface area contributed by atoms with Crippen molar-refractivity contribution in [3.05, 3.63) is 11.1 Å². The minimum atomic E-state index is 0. The van der Waals surface area contributed by atoms with Crippen LogP contribution in [0.1, 0.15) is 52.4 Å². The molecular weight excluding hydrogens is 321 g/mol. The molecule has 17 heavy (non-hydrogen) atoms. The van der Waals surface area contributed by atoms with Gasteiger partial charge in [0.05, 0.1) is 20.1 Å². The van der Waals surface area contributed by atoms with E-state index in [1.807, 2.05) is 11.1 Å². The zero-order valence-electron chi connectivity index (χ0n) is 11.6. The normalized spacial score (nSPS) is 45.0. The third kappa shape index (κ3) is 1.90. The Bertz CT molecular complexity index is 349. The minimum absolute atomic E-state index is 0. The lowest BCUT2D eigenvalue weighted by molar-refractivity contribution is -0.961. The van der Waals surface area contributed by atoms with Gasteiger partial charge in [-0.2, -0.15) is 0 Å². The summed E-state index contributed by atoms with van der Waals surface area (Å²) in [6, 6.07) is 0. The molecule has 0 spiro atoms. The van der Waals surface area contributed by atoms with Crippen LogP contribution in [0.3, 0.4) is 0 Å². The van der Waals surface area contributed by atoms with Crippen molar-refractivity contribution in [1.82, 2.24) is 0 Å². The van der Waals surface area contributed by atoms with Crippen LogP contribution in [-0.2, 0) is 0 Å². The van der Waals surface area contributed by atoms with Gasteiger partial charge >= 0.3 is 0 Å². The molecule has 3 unspecified atom stereocenters. The molecular formula is C15H26IN. The average molecular weight is 347 g/mol. The number of piperidine rings is 1. The van der Waals surface area contributed by atoms with E-state index in [1.54, 1.807) is 0 Å². The van der Waals surface area contributed by atoms with Crippen LogP contribution >= 0.6 is 0 Å². The van der Waals surface area contributed by atoms with Gasteiger partial charge in [-0.3, -0.25) is 0 Å². The number of nitrogens with zero attached hydrogens (tertiary/aromatic N) is 1. The highest BCUT2D eigenvalue weighted by atomic mass is 127. The number of hydrogen-bond acceptors (Lipinski definition) is 0. The molecule has 0 saturated carbocycles. The topological polar surface area (TPSA) is 0 Å². The molecule has 1 aliphatic carbocycles. The first-order valence-corrected chi connectivity index (χ1v) is 7.11. The number of rotatable bonds is 0. The van der Waals surface area contributed by atoms with Gasteiger partial charge in [0.1, 0.15) is 5.54 Å². The van der Waals surface area contributed by atoms with Crippen LogP contribution in [0.2, 0.25) is 0 Å². The maximum Gasteiger partial charge on any atom is 0.118 e. The maximum atomic E-state index is 2.57. The largest absolute Gasteiger partial charge is 1.00 e. The molecule has 0 N–H and O–H groups in total. The Labute approximate surface area is 123 Å². The van der Waals surface area contributed by atoms with Gasteiger partial charge in [0.25, 0.3) is 0 Å². The highest BCUT2D eigenvalue weighted by Crippen LogP contribution is 2.50. The molecule has 2 heteroatoms. The minimum Gasteiger partial charge on any atom is -1.00 e. The highest BCUT2D eigenvalue weighted by Gasteiger charge is 2.53. The zero-order valence-corrected chi connectivity index (χ0v) is 13.7. The van der Waals surface area contributed by atoms with E-state index in [9.17, 15) is 0 Å². The van der Waals surface area contributed by atoms with Crippen LogP contribution in [0, 0.1) is 5.92 Å². The van der Waals surface area contributed by atoms with E-state index in [2.05, 4.69) is 20.9 Å². The number of quaternary nitrogens is 1. The molecule has 1 nitrogen and oxygen atoms in total. The summed E-state index contributed by atoms with van der Waals surface area (Å²) in [5.74, 6) is 0.932. The van der Waals surface area contributed by atoms with Crippen molar-refractivity contribution in [2.24, 2.45) is 5.92 Å². The van der Waals surface area contributed by atoms with E-state index >= 15 is 0 Å². The van der Waals surface area contributed by atoms with Crippen LogP contribution in [0.5, 0.6) is 0 Å². The summed E-state index contributed by atoms with van der Waals surface area (Å²) in [4.78, 5) is 0. The third-order valence-electron chi connectivity index (χ3n) is 5.92. The van der Waals surface area contributed by atoms with Crippen LogP contribution in [-0.4, -0.2) is 30.2 Å². The predicted octanol–water partition coefficient (Wildman–Crippen LogP) is 0.510. The Morgan fingerprint density at radius 1 is 1.24 bits per heavy atom. The van der Waals surface area contributed by atoms with E-state index in [1.165, 1.54) is 56.1 Å². The van der Waals surface area contributed by atoms with Gasteiger partial charge in [-0.15, -0.1) is 0 Å². The maximum absolute atomic E-state index is 2.57. The van der Waals surface area contributed by atoms with Crippen LogP contribution in [0.4, 0.5) is 0 Å². The van der Waals surface area contributed by atoms with Crippen molar-refractivity contribution in [3.8, 4) is 0 Å². The van der Waals surface area contributed by atoms with Crippen molar-refractivity contribution in [2.45, 2.75) is 57.9 Å². The lowest BCUT2D eigenvalue weighted by atomic mass is 9.72. The summed E-state index contributed by atoms with van der Waals surface area (Å²) in [6.45, 7) is 7.83. The molecule has 0 amide bonds. The standard InChI is InChI=1S/C15H26N.HI/c1-12-7-9-15(2)14-6-4-5-13(14)8-10-16(15,3)11-12;/h12H,4-11H2,1-3H3;1H/q+1;/p-1. The fourth-order valence-corrected chi connectivity index (χ4v) is 4.71. The SMILES string of the molecule is CC1CCC2(C)C3=C(CCC3)CC[N+]2(C)C1.[I-]. The quantitative estimate of drug-likeness (QED) is 0.340. The summed E-state index contributed by atoms with van der Waals surface area (Å²) < 4.78 is 1.34. The smallest absolute Gasteiger partial charge is 0.118 e. The van der Waals surface area contributed by atoms with E-state index < -0.39 is 0 Å². The van der Waals surface area contributed by atoms with Gasteiger partial charge in [-0.05, 0) is 38.2 Å². The molecule has 0 aromatic heterocycles. The molecule has 98 valence electrons. The molecule has 1 fully saturated rings. The molecule has 0 aromatic rings. The van der Waals surface area contributed by atoms with Crippen molar-refractivity contribution in [2.75, 3.05) is 20.1 Å². The summed E-state index contributed by atoms with van der Waals surface area (Å²) in [5, 5.41) is 0. The van der Waals surface area contributed by atoms with Crippen molar-refractivity contribution in [1.29, 1.82) is 0 Å². The van der Waals surface area contributed by atoms with Gasteiger partial charge in [0.15, 0.2) is 0 Å². The van der Waals surface area contributed by atoms with Gasteiger partial charge in [0, 0.05) is 18.8 Å². The van der Waals surface area contributed by atoms with Crippen molar-refractivity contribution >= 4 is 0 Å². The lowest BCUT2D eigenvalue weighted by Gasteiger charge is -2.57. The first-order valence-electron chi connectivity index (χ1n) is 7.11. The second-order valence-corrected chi connectivity index (χ2v) is 6.91. The second-order valence-electron chi connectivity index (χ2n) is 6.91. The van der Waals surface area contributed by atoms with E-state index in [0.717, 1.165) is 5.92 Å². The lowest BCUT2D eigenvalue weighted by Crippen LogP contribution is -3.00. The average Bonchev–Trinajstić information content (AvgIpc) is 2.70. The molecule has 3 atom stereocenters. The van der Waals surface area contributed by atoms with E-state index in [-0.39, 0.29) is 24.0 Å². The van der Waals surface area contributed by atoms with Crippen LogP contribution in [0.15, 0.2) is 11.1 Å². The highest BCUT2D eigenvalue weighted by molar-refractivity contribution is 5.30. The first kappa shape index (κ1) is 13.9. The molecule has 3 aliphatic rings. The summed E-state index contributed by atoms with van der Waals surface area (Å²) in [6.07, 6.45) is 8.54. The summed E-state index contributed by atoms with van der Waals surface area (Å²) in [5.41, 5.74) is 4.25. The van der Waals surface area contributed by atoms with Crippen molar-refractivity contribution < 1.29 is 28.5 Å². The molecule has 2 heterocycles. The number of likely N-dealkylation sites (N-methyl/N-ethyl adjacent to an activating group) is 1. The fourth-order valence-electron chi connectivity index (χ4n) is 4.71. The van der Waals surface area contributed by atoms with Gasteiger partial charge < -0.3 is 28.5 Å². The van der Waals surface area contributed by atoms with E-state index in [4.69, 9.17) is 0 Å². The second kappa shape index (κ2) is 4.52. The number of hydrogen-bond donors (Lipinski definition) is 0. The van der Waals surface area contributed by atoms with Gasteiger partial charge in [-0.1, -0.05) is 12.5 Å². The Hall–Kier alpha value is 0.430. The van der Waals surface area contributed by atoms with Crippen molar-refractivity contribution in [3.63, 3.8) is 0 Å². The molecule has 2 aliphatic heterocycles. The number of halogens is 1. The summed E-state index contributed by atoms with van der Waals surface area (Å²) >= 11 is 0. The Balaban J connectivity index is 0.00000108. The Morgan fingerprint density at radius 2 is 2.00 bits per heavy atom. The monoisotopic (exact) mass is 347 g/mol. The fraction of sp³-hybridized carbons (Fsp3) is 0.867. The summed E-state index contributed by atoms with van der Waals surface area (Å²) in [7, 11) is 2.53. The van der Waals surface area contributed by atoms with E-state index in [0.29, 0.717) is 5.54 Å².